The van der Waals surface area contributed by atoms with Crippen molar-refractivity contribution in [2.24, 2.45) is 0 Å². The van der Waals surface area contributed by atoms with Crippen LogP contribution in [0.25, 0.3) is 0 Å². The van der Waals surface area contributed by atoms with Crippen molar-refractivity contribution in [1.29, 1.82) is 0 Å². The van der Waals surface area contributed by atoms with E-state index in [0.717, 1.165) is 11.3 Å². The highest BCUT2D eigenvalue weighted by atomic mass is 16.5. The highest BCUT2D eigenvalue weighted by molar-refractivity contribution is 5.98. The molecule has 0 spiro atoms. The lowest BCUT2D eigenvalue weighted by molar-refractivity contribution is -0.136. The van der Waals surface area contributed by atoms with Crippen molar-refractivity contribution in [3.8, 4) is 5.75 Å². The van der Waals surface area contributed by atoms with Gasteiger partial charge in [0.05, 0.1) is 25.4 Å². The van der Waals surface area contributed by atoms with E-state index in [-0.39, 0.29) is 24.8 Å². The second-order valence-electron chi connectivity index (χ2n) is 5.56. The summed E-state index contributed by atoms with van der Waals surface area (Å²) in [5.41, 5.74) is 1.59. The summed E-state index contributed by atoms with van der Waals surface area (Å²) in [5.74, 6) is 0.521. The van der Waals surface area contributed by atoms with Crippen LogP contribution in [0.15, 0.2) is 48.8 Å². The van der Waals surface area contributed by atoms with Gasteiger partial charge in [0.15, 0.2) is 0 Å². The zero-order valence-corrected chi connectivity index (χ0v) is 13.5. The van der Waals surface area contributed by atoms with Gasteiger partial charge in [-0.15, -0.1) is 0 Å². The highest BCUT2D eigenvalue weighted by Gasteiger charge is 2.28. The number of para-hydroxylation sites is 1. The van der Waals surface area contributed by atoms with Gasteiger partial charge < -0.3 is 14.5 Å². The standard InChI is InChI=1S/C18H19N3O3/c1-24-16-7-3-2-5-14(16)11-17(22)20-9-10-21(18(23)13-20)15-6-4-8-19-12-15/h2-8,12H,9-11,13H2,1H3. The minimum atomic E-state index is -0.0948. The van der Waals surface area contributed by atoms with Gasteiger partial charge in [0.1, 0.15) is 12.3 Å². The number of amides is 2. The zero-order chi connectivity index (χ0) is 16.9. The molecule has 2 heterocycles. The number of aromatic nitrogens is 1. The molecule has 2 aromatic rings. The van der Waals surface area contributed by atoms with Gasteiger partial charge in [-0.2, -0.15) is 0 Å². The van der Waals surface area contributed by atoms with E-state index in [1.54, 1.807) is 35.4 Å². The van der Waals surface area contributed by atoms with Crippen LogP contribution in [0.2, 0.25) is 0 Å². The number of piperazine rings is 1. The van der Waals surface area contributed by atoms with E-state index in [0.29, 0.717) is 18.8 Å². The Bertz CT molecular complexity index is 733. The fourth-order valence-electron chi connectivity index (χ4n) is 2.80. The molecule has 6 nitrogen and oxygen atoms in total. The van der Waals surface area contributed by atoms with Crippen LogP contribution in [-0.4, -0.2) is 48.4 Å². The van der Waals surface area contributed by atoms with Crippen molar-refractivity contribution in [3.63, 3.8) is 0 Å². The van der Waals surface area contributed by atoms with Crippen molar-refractivity contribution in [1.82, 2.24) is 9.88 Å². The maximum atomic E-state index is 12.5. The molecule has 0 saturated carbocycles. The smallest absolute Gasteiger partial charge is 0.246 e. The van der Waals surface area contributed by atoms with Crippen LogP contribution in [0, 0.1) is 0 Å². The van der Waals surface area contributed by atoms with Gasteiger partial charge in [-0.1, -0.05) is 18.2 Å². The molecule has 0 radical (unpaired) electrons. The molecule has 124 valence electrons. The van der Waals surface area contributed by atoms with Gasteiger partial charge in [0.25, 0.3) is 0 Å². The summed E-state index contributed by atoms with van der Waals surface area (Å²) >= 11 is 0. The maximum Gasteiger partial charge on any atom is 0.246 e. The Balaban J connectivity index is 1.65. The number of ether oxygens (including phenoxy) is 1. The third kappa shape index (κ3) is 3.37. The topological polar surface area (TPSA) is 62.7 Å². The van der Waals surface area contributed by atoms with Crippen LogP contribution in [0.3, 0.4) is 0 Å². The fraction of sp³-hybridized carbons (Fsp3) is 0.278. The molecule has 0 unspecified atom stereocenters. The predicted octanol–water partition coefficient (Wildman–Crippen LogP) is 1.51. The minimum absolute atomic E-state index is 0.0707. The zero-order valence-electron chi connectivity index (χ0n) is 13.5. The Labute approximate surface area is 140 Å². The Morgan fingerprint density at radius 1 is 1.21 bits per heavy atom. The van der Waals surface area contributed by atoms with Gasteiger partial charge in [0.2, 0.25) is 11.8 Å². The van der Waals surface area contributed by atoms with Crippen molar-refractivity contribution in [2.75, 3.05) is 31.6 Å². The predicted molar refractivity (Wildman–Crippen MR) is 89.9 cm³/mol. The number of carbonyl (C=O) groups is 2. The molecule has 1 aromatic heterocycles. The van der Waals surface area contributed by atoms with E-state index in [1.165, 1.54) is 0 Å². The average molecular weight is 325 g/mol. The van der Waals surface area contributed by atoms with Crippen LogP contribution < -0.4 is 9.64 Å². The van der Waals surface area contributed by atoms with E-state index < -0.39 is 0 Å². The SMILES string of the molecule is COc1ccccc1CC(=O)N1CCN(c2cccnc2)C(=O)C1. The van der Waals surface area contributed by atoms with Gasteiger partial charge in [-0.3, -0.25) is 14.6 Å². The van der Waals surface area contributed by atoms with Gasteiger partial charge >= 0.3 is 0 Å². The summed E-state index contributed by atoms with van der Waals surface area (Å²) < 4.78 is 5.28. The van der Waals surface area contributed by atoms with Crippen LogP contribution in [0.5, 0.6) is 5.75 Å². The third-order valence-electron chi connectivity index (χ3n) is 4.07. The first-order valence-electron chi connectivity index (χ1n) is 7.79. The number of hydrogen-bond donors (Lipinski definition) is 0. The summed E-state index contributed by atoms with van der Waals surface area (Å²) in [7, 11) is 1.58. The van der Waals surface area contributed by atoms with E-state index >= 15 is 0 Å². The van der Waals surface area contributed by atoms with Crippen molar-refractivity contribution in [2.45, 2.75) is 6.42 Å². The van der Waals surface area contributed by atoms with E-state index in [4.69, 9.17) is 4.74 Å². The lowest BCUT2D eigenvalue weighted by atomic mass is 10.1. The largest absolute Gasteiger partial charge is 0.496 e. The first-order chi connectivity index (χ1) is 11.7. The fourth-order valence-corrected chi connectivity index (χ4v) is 2.80. The van der Waals surface area contributed by atoms with Gasteiger partial charge in [0, 0.05) is 24.8 Å². The van der Waals surface area contributed by atoms with Crippen molar-refractivity contribution < 1.29 is 14.3 Å². The number of pyridine rings is 1. The molecule has 6 heteroatoms. The second-order valence-corrected chi connectivity index (χ2v) is 5.56. The molecule has 2 amide bonds. The highest BCUT2D eigenvalue weighted by Crippen LogP contribution is 2.20. The Morgan fingerprint density at radius 3 is 2.75 bits per heavy atom. The van der Waals surface area contributed by atoms with E-state index in [1.807, 2.05) is 30.3 Å². The number of hydrogen-bond acceptors (Lipinski definition) is 4. The molecule has 0 N–H and O–H groups in total. The molecule has 1 aliphatic rings. The molecule has 0 atom stereocenters. The summed E-state index contributed by atoms with van der Waals surface area (Å²) in [4.78, 5) is 32.2. The Kier molecular flexibility index (Phi) is 4.74. The number of anilines is 1. The van der Waals surface area contributed by atoms with Crippen molar-refractivity contribution in [3.05, 3.63) is 54.4 Å². The number of benzene rings is 1. The number of methoxy groups -OCH3 is 1. The Hall–Kier alpha value is -2.89. The van der Waals surface area contributed by atoms with Gasteiger partial charge in [-0.25, -0.2) is 0 Å². The minimum Gasteiger partial charge on any atom is -0.496 e. The average Bonchev–Trinajstić information content (AvgIpc) is 2.62. The van der Waals surface area contributed by atoms with Crippen LogP contribution in [-0.2, 0) is 16.0 Å². The molecule has 0 aliphatic carbocycles. The van der Waals surface area contributed by atoms with Crippen LogP contribution in [0.1, 0.15) is 5.56 Å². The molecule has 1 aromatic carbocycles. The molecular weight excluding hydrogens is 306 g/mol. The second kappa shape index (κ2) is 7.12. The summed E-state index contributed by atoms with van der Waals surface area (Å²) in [6.07, 6.45) is 3.55. The lowest BCUT2D eigenvalue weighted by Crippen LogP contribution is -2.52. The number of carbonyl (C=O) groups excluding carboxylic acids is 2. The first-order valence-corrected chi connectivity index (χ1v) is 7.79. The quantitative estimate of drug-likeness (QED) is 0.855. The number of rotatable bonds is 4. The molecule has 0 bridgehead atoms. The van der Waals surface area contributed by atoms with Crippen molar-refractivity contribution >= 4 is 17.5 Å². The Morgan fingerprint density at radius 2 is 2.04 bits per heavy atom. The summed E-state index contributed by atoms with van der Waals surface area (Å²) in [6, 6.07) is 11.1. The number of nitrogens with zero attached hydrogens (tertiary/aromatic N) is 3. The van der Waals surface area contributed by atoms with Gasteiger partial charge in [-0.05, 0) is 18.2 Å². The van der Waals surface area contributed by atoms with Crippen LogP contribution >= 0.6 is 0 Å². The first kappa shape index (κ1) is 16.0. The van der Waals surface area contributed by atoms with Crippen LogP contribution in [0.4, 0.5) is 5.69 Å². The maximum absolute atomic E-state index is 12.5. The third-order valence-corrected chi connectivity index (χ3v) is 4.07. The normalized spacial score (nSPS) is 14.6. The van der Waals surface area contributed by atoms with E-state index in [9.17, 15) is 9.59 Å². The van der Waals surface area contributed by atoms with E-state index in [2.05, 4.69) is 4.98 Å². The summed E-state index contributed by atoms with van der Waals surface area (Å²) in [6.45, 7) is 1.07. The molecule has 24 heavy (non-hydrogen) atoms. The molecule has 1 fully saturated rings. The monoisotopic (exact) mass is 325 g/mol. The summed E-state index contributed by atoms with van der Waals surface area (Å²) in [5, 5.41) is 0. The molecular formula is C18H19N3O3. The molecule has 3 rings (SSSR count). The lowest BCUT2D eigenvalue weighted by Gasteiger charge is -2.34. The molecule has 1 aliphatic heterocycles. The molecule has 1 saturated heterocycles.